The van der Waals surface area contributed by atoms with Gasteiger partial charge >= 0.3 is 0 Å². The van der Waals surface area contributed by atoms with E-state index in [-0.39, 0.29) is 0 Å². The number of hydrogen-bond acceptors (Lipinski definition) is 2. The molecule has 1 aromatic carbocycles. The molecule has 1 unspecified atom stereocenters. The summed E-state index contributed by atoms with van der Waals surface area (Å²) in [6.45, 7) is 0. The zero-order valence-electron chi connectivity index (χ0n) is 5.75. The number of halogens is 2. The average molecular weight is 265 g/mol. The van der Waals surface area contributed by atoms with Gasteiger partial charge in [-0.15, -0.1) is 0 Å². The molecule has 0 aromatic heterocycles. The lowest BCUT2D eigenvalue weighted by Crippen LogP contribution is -1.91. The predicted octanol–water partition coefficient (Wildman–Crippen LogP) is 2.58. The molecule has 0 radical (unpaired) electrons. The quantitative estimate of drug-likeness (QED) is 0.732. The molecule has 0 fully saturated rings. The van der Waals surface area contributed by atoms with Gasteiger partial charge in [0.25, 0.3) is 0 Å². The normalized spacial score (nSPS) is 12.2. The van der Waals surface area contributed by atoms with Crippen LogP contribution < -0.4 is 0 Å². The minimum absolute atomic E-state index is 0.432. The van der Waals surface area contributed by atoms with Crippen molar-refractivity contribution in [3.63, 3.8) is 0 Å². The molecule has 2 nitrogen and oxygen atoms in total. The standard InChI is InChI=1S/C7H3BrClNOS/c8-7-2-1-6(12(9)11)3-5(7)4-10/h1-3H. The molecule has 0 spiro atoms. The Balaban J connectivity index is 3.16. The van der Waals surface area contributed by atoms with Gasteiger partial charge in [-0.25, -0.2) is 0 Å². The molecule has 0 N–H and O–H groups in total. The van der Waals surface area contributed by atoms with Crippen molar-refractivity contribution in [2.75, 3.05) is 0 Å². The van der Waals surface area contributed by atoms with E-state index in [1.165, 1.54) is 6.07 Å². The van der Waals surface area contributed by atoms with E-state index in [4.69, 9.17) is 15.9 Å². The zero-order chi connectivity index (χ0) is 9.14. The Labute approximate surface area is 86.0 Å². The summed E-state index contributed by atoms with van der Waals surface area (Å²) in [4.78, 5) is 0.441. The van der Waals surface area contributed by atoms with Crippen molar-refractivity contribution in [3.05, 3.63) is 28.2 Å². The molecule has 0 aliphatic rings. The second-order valence-electron chi connectivity index (χ2n) is 1.98. The number of nitriles is 1. The van der Waals surface area contributed by atoms with E-state index >= 15 is 0 Å². The maximum Gasteiger partial charge on any atom is 0.181 e. The van der Waals surface area contributed by atoms with Gasteiger partial charge in [0.15, 0.2) is 15.6 Å². The summed E-state index contributed by atoms with van der Waals surface area (Å²) < 4.78 is 11.5. The molecule has 1 atom stereocenters. The molecule has 0 bridgehead atoms. The summed E-state index contributed by atoms with van der Waals surface area (Å²) in [5.74, 6) is 0. The highest BCUT2D eigenvalue weighted by atomic mass is 79.9. The molecule has 12 heavy (non-hydrogen) atoms. The van der Waals surface area contributed by atoms with Crippen LogP contribution in [0.25, 0.3) is 0 Å². The fraction of sp³-hybridized carbons (Fsp3) is 0. The van der Waals surface area contributed by atoms with Crippen LogP contribution in [0.5, 0.6) is 0 Å². The summed E-state index contributed by atoms with van der Waals surface area (Å²) in [6.07, 6.45) is 0. The second-order valence-corrected chi connectivity index (χ2v) is 4.59. The number of rotatable bonds is 1. The number of benzene rings is 1. The van der Waals surface area contributed by atoms with Crippen molar-refractivity contribution in [2.45, 2.75) is 4.90 Å². The Hall–Kier alpha value is -0.210. The van der Waals surface area contributed by atoms with Crippen LogP contribution in [0, 0.1) is 11.3 Å². The van der Waals surface area contributed by atoms with Gasteiger partial charge < -0.3 is 4.55 Å². The fourth-order valence-electron chi connectivity index (χ4n) is 0.690. The van der Waals surface area contributed by atoms with Crippen molar-refractivity contribution in [3.8, 4) is 6.07 Å². The third-order valence-corrected chi connectivity index (χ3v) is 3.09. The van der Waals surface area contributed by atoms with E-state index in [0.29, 0.717) is 14.9 Å². The SMILES string of the molecule is N#Cc1cc([S+]([O-])Cl)ccc1Br. The summed E-state index contributed by atoms with van der Waals surface area (Å²) in [6, 6.07) is 6.70. The fourth-order valence-corrected chi connectivity index (χ4v) is 1.70. The first-order valence-electron chi connectivity index (χ1n) is 2.93. The second kappa shape index (κ2) is 4.15. The van der Waals surface area contributed by atoms with Crippen LogP contribution in [-0.4, -0.2) is 4.55 Å². The first-order valence-corrected chi connectivity index (χ1v) is 5.69. The topological polar surface area (TPSA) is 46.8 Å². The van der Waals surface area contributed by atoms with Crippen LogP contribution in [-0.2, 0) is 10.4 Å². The highest BCUT2D eigenvalue weighted by Crippen LogP contribution is 2.22. The Morgan fingerprint density at radius 3 is 2.75 bits per heavy atom. The highest BCUT2D eigenvalue weighted by molar-refractivity contribution is 9.10. The van der Waals surface area contributed by atoms with Crippen LogP contribution in [0.4, 0.5) is 0 Å². The molecule has 5 heteroatoms. The summed E-state index contributed by atoms with van der Waals surface area (Å²) >= 11 is 3.18. The van der Waals surface area contributed by atoms with E-state index in [2.05, 4.69) is 15.9 Å². The van der Waals surface area contributed by atoms with Gasteiger partial charge in [-0.3, -0.25) is 0 Å². The highest BCUT2D eigenvalue weighted by Gasteiger charge is 2.10. The van der Waals surface area contributed by atoms with E-state index in [1.807, 2.05) is 6.07 Å². The van der Waals surface area contributed by atoms with Crippen molar-refractivity contribution in [1.82, 2.24) is 0 Å². The Morgan fingerprint density at radius 2 is 2.25 bits per heavy atom. The summed E-state index contributed by atoms with van der Waals surface area (Å²) in [5, 5.41) is 8.60. The molecule has 0 saturated carbocycles. The zero-order valence-corrected chi connectivity index (χ0v) is 8.91. The lowest BCUT2D eigenvalue weighted by atomic mass is 10.2. The van der Waals surface area contributed by atoms with Crippen molar-refractivity contribution < 1.29 is 4.55 Å². The minimum Gasteiger partial charge on any atom is -0.594 e. The van der Waals surface area contributed by atoms with E-state index in [0.717, 1.165) is 0 Å². The van der Waals surface area contributed by atoms with Gasteiger partial charge in [0.1, 0.15) is 16.5 Å². The number of hydrogen-bond donors (Lipinski definition) is 0. The van der Waals surface area contributed by atoms with Crippen molar-refractivity contribution in [1.29, 1.82) is 5.26 Å². The molecule has 62 valence electrons. The largest absolute Gasteiger partial charge is 0.594 e. The Kier molecular flexibility index (Phi) is 3.41. The molecular weight excluding hydrogens is 262 g/mol. The van der Waals surface area contributed by atoms with E-state index < -0.39 is 10.4 Å². The molecule has 0 amide bonds. The van der Waals surface area contributed by atoms with Crippen LogP contribution in [0.2, 0.25) is 0 Å². The Bertz CT molecular complexity index is 337. The Morgan fingerprint density at radius 1 is 1.58 bits per heavy atom. The maximum absolute atomic E-state index is 10.8. The van der Waals surface area contributed by atoms with Gasteiger partial charge in [-0.05, 0) is 28.1 Å². The lowest BCUT2D eigenvalue weighted by molar-refractivity contribution is 0.608. The maximum atomic E-state index is 10.8. The third-order valence-electron chi connectivity index (χ3n) is 1.24. The van der Waals surface area contributed by atoms with Gasteiger partial charge in [0.05, 0.1) is 5.56 Å². The van der Waals surface area contributed by atoms with Crippen molar-refractivity contribution in [2.24, 2.45) is 0 Å². The molecule has 0 aliphatic heterocycles. The van der Waals surface area contributed by atoms with Crippen LogP contribution >= 0.6 is 26.6 Å². The molecule has 1 rings (SSSR count). The van der Waals surface area contributed by atoms with Gasteiger partial charge in [0, 0.05) is 10.5 Å². The summed E-state index contributed by atoms with van der Waals surface area (Å²) in [5.41, 5.74) is 0.432. The van der Waals surface area contributed by atoms with Crippen LogP contribution in [0.1, 0.15) is 5.56 Å². The number of nitrogens with zero attached hydrogens (tertiary/aromatic N) is 1. The smallest absolute Gasteiger partial charge is 0.181 e. The van der Waals surface area contributed by atoms with E-state index in [1.54, 1.807) is 12.1 Å². The summed E-state index contributed by atoms with van der Waals surface area (Å²) in [7, 11) is 3.78. The molecule has 0 aliphatic carbocycles. The van der Waals surface area contributed by atoms with Crippen LogP contribution in [0.3, 0.4) is 0 Å². The van der Waals surface area contributed by atoms with Gasteiger partial charge in [-0.1, -0.05) is 0 Å². The third kappa shape index (κ3) is 2.14. The molecule has 0 saturated heterocycles. The molecule has 0 heterocycles. The van der Waals surface area contributed by atoms with E-state index in [9.17, 15) is 4.55 Å². The lowest BCUT2D eigenvalue weighted by Gasteiger charge is -2.00. The van der Waals surface area contributed by atoms with Crippen molar-refractivity contribution >= 4 is 37.0 Å². The molecule has 1 aromatic rings. The molecular formula is C7H3BrClNOS. The monoisotopic (exact) mass is 263 g/mol. The average Bonchev–Trinajstić information content (AvgIpc) is 2.05. The minimum atomic E-state index is -1.55. The first-order chi connectivity index (χ1) is 5.65. The predicted molar refractivity (Wildman–Crippen MR) is 51.1 cm³/mol. The van der Waals surface area contributed by atoms with Gasteiger partial charge in [0.2, 0.25) is 0 Å². The van der Waals surface area contributed by atoms with Gasteiger partial charge in [-0.2, -0.15) is 5.26 Å². The van der Waals surface area contributed by atoms with Crippen LogP contribution in [0.15, 0.2) is 27.6 Å². The first kappa shape index (κ1) is 9.87.